The molecule has 0 spiro atoms. The van der Waals surface area contributed by atoms with Crippen LogP contribution in [0.3, 0.4) is 0 Å². The highest BCUT2D eigenvalue weighted by molar-refractivity contribution is 5.89. The third kappa shape index (κ3) is 4.22. The van der Waals surface area contributed by atoms with Gasteiger partial charge in [-0.25, -0.2) is 9.18 Å². The summed E-state index contributed by atoms with van der Waals surface area (Å²) < 4.78 is 12.8. The number of halogens is 1. The van der Waals surface area contributed by atoms with Crippen molar-refractivity contribution in [1.29, 1.82) is 0 Å². The fraction of sp³-hybridized carbons (Fsp3) is 0.235. The van der Waals surface area contributed by atoms with Crippen LogP contribution >= 0.6 is 0 Å². The highest BCUT2D eigenvalue weighted by Gasteiger charge is 2.23. The molecule has 0 heterocycles. The van der Waals surface area contributed by atoms with Gasteiger partial charge in [-0.2, -0.15) is 0 Å². The van der Waals surface area contributed by atoms with Crippen LogP contribution in [-0.2, 0) is 6.54 Å². The van der Waals surface area contributed by atoms with Crippen LogP contribution in [0.1, 0.15) is 18.4 Å². The topological polar surface area (TPSA) is 53.2 Å². The van der Waals surface area contributed by atoms with Crippen LogP contribution in [0, 0.1) is 5.82 Å². The molecule has 0 radical (unpaired) electrons. The molecule has 22 heavy (non-hydrogen) atoms. The summed E-state index contributed by atoms with van der Waals surface area (Å²) >= 11 is 0. The molecule has 4 nitrogen and oxygen atoms in total. The number of carbonyl (C=O) groups excluding carboxylic acids is 1. The second-order valence-electron chi connectivity index (χ2n) is 5.43. The Hall–Kier alpha value is -2.56. The Kier molecular flexibility index (Phi) is 4.23. The predicted molar refractivity (Wildman–Crippen MR) is 85.3 cm³/mol. The van der Waals surface area contributed by atoms with Gasteiger partial charge in [-0.1, -0.05) is 12.1 Å². The lowest BCUT2D eigenvalue weighted by molar-refractivity contribution is 0.251. The van der Waals surface area contributed by atoms with E-state index >= 15 is 0 Å². The van der Waals surface area contributed by atoms with Gasteiger partial charge in [-0.15, -0.1) is 0 Å². The molecule has 0 unspecified atom stereocenters. The summed E-state index contributed by atoms with van der Waals surface area (Å²) in [7, 11) is 0. The van der Waals surface area contributed by atoms with E-state index in [1.54, 1.807) is 12.1 Å². The van der Waals surface area contributed by atoms with Crippen LogP contribution in [0.4, 0.5) is 20.6 Å². The fourth-order valence-corrected chi connectivity index (χ4v) is 2.06. The van der Waals surface area contributed by atoms with Crippen LogP contribution in [-0.4, -0.2) is 12.1 Å². The minimum atomic E-state index is -0.233. The number of rotatable bonds is 5. The summed E-state index contributed by atoms with van der Waals surface area (Å²) in [5, 5.41) is 8.93. The van der Waals surface area contributed by atoms with Gasteiger partial charge in [0.05, 0.1) is 0 Å². The zero-order chi connectivity index (χ0) is 15.4. The summed E-state index contributed by atoms with van der Waals surface area (Å²) in [5.41, 5.74) is 2.70. The zero-order valence-corrected chi connectivity index (χ0v) is 12.1. The molecule has 3 N–H and O–H groups in total. The molecule has 1 aliphatic rings. The van der Waals surface area contributed by atoms with E-state index in [1.807, 2.05) is 24.3 Å². The normalized spacial score (nSPS) is 13.5. The van der Waals surface area contributed by atoms with Crippen LogP contribution < -0.4 is 16.0 Å². The van der Waals surface area contributed by atoms with Crippen molar-refractivity contribution in [3.8, 4) is 0 Å². The molecule has 1 fully saturated rings. The zero-order valence-electron chi connectivity index (χ0n) is 12.1. The van der Waals surface area contributed by atoms with E-state index < -0.39 is 0 Å². The number of amides is 2. The van der Waals surface area contributed by atoms with Crippen molar-refractivity contribution in [1.82, 2.24) is 5.32 Å². The standard InChI is InChI=1S/C17H18FN3O/c18-13-3-1-12(2-4-13)11-19-14-5-7-15(8-6-14)20-17(22)21-16-9-10-16/h1-8,16,19H,9-11H2,(H2,20,21,22). The molecule has 1 saturated carbocycles. The number of carbonyl (C=O) groups is 1. The smallest absolute Gasteiger partial charge is 0.319 e. The van der Waals surface area contributed by atoms with Crippen molar-refractivity contribution < 1.29 is 9.18 Å². The van der Waals surface area contributed by atoms with Gasteiger partial charge >= 0.3 is 6.03 Å². The molecule has 2 amide bonds. The van der Waals surface area contributed by atoms with E-state index in [2.05, 4.69) is 16.0 Å². The van der Waals surface area contributed by atoms with Crippen molar-refractivity contribution in [2.24, 2.45) is 0 Å². The Morgan fingerprint density at radius 3 is 2.27 bits per heavy atom. The Labute approximate surface area is 128 Å². The predicted octanol–water partition coefficient (Wildman–Crippen LogP) is 3.72. The SMILES string of the molecule is O=C(Nc1ccc(NCc2ccc(F)cc2)cc1)NC1CC1. The molecular weight excluding hydrogens is 281 g/mol. The summed E-state index contributed by atoms with van der Waals surface area (Å²) in [5.74, 6) is -0.233. The summed E-state index contributed by atoms with van der Waals surface area (Å²) in [4.78, 5) is 11.6. The number of benzene rings is 2. The fourth-order valence-electron chi connectivity index (χ4n) is 2.06. The summed E-state index contributed by atoms with van der Waals surface area (Å²) in [6.45, 7) is 0.620. The van der Waals surface area contributed by atoms with Gasteiger partial charge in [0.25, 0.3) is 0 Å². The molecule has 0 saturated heterocycles. The molecule has 5 heteroatoms. The van der Waals surface area contributed by atoms with Gasteiger partial charge < -0.3 is 16.0 Å². The highest BCUT2D eigenvalue weighted by atomic mass is 19.1. The molecule has 2 aromatic carbocycles. The average Bonchev–Trinajstić information content (AvgIpc) is 3.32. The summed E-state index contributed by atoms with van der Waals surface area (Å²) in [6.07, 6.45) is 2.14. The molecule has 0 atom stereocenters. The van der Waals surface area contributed by atoms with Crippen LogP contribution in [0.2, 0.25) is 0 Å². The monoisotopic (exact) mass is 299 g/mol. The first kappa shape index (κ1) is 14.4. The highest BCUT2D eigenvalue weighted by Crippen LogP contribution is 2.19. The number of urea groups is 1. The van der Waals surface area contributed by atoms with Gasteiger partial charge in [-0.05, 0) is 54.8 Å². The van der Waals surface area contributed by atoms with E-state index in [4.69, 9.17) is 0 Å². The Morgan fingerprint density at radius 1 is 1.00 bits per heavy atom. The van der Waals surface area contributed by atoms with Crippen molar-refractivity contribution in [3.05, 3.63) is 59.9 Å². The van der Waals surface area contributed by atoms with Crippen LogP contribution in [0.25, 0.3) is 0 Å². The third-order valence-corrected chi connectivity index (χ3v) is 3.47. The molecule has 114 valence electrons. The van der Waals surface area contributed by atoms with Gasteiger partial charge in [0.1, 0.15) is 5.82 Å². The lowest BCUT2D eigenvalue weighted by Crippen LogP contribution is -2.30. The van der Waals surface area contributed by atoms with Crippen molar-refractivity contribution in [3.63, 3.8) is 0 Å². The maximum absolute atomic E-state index is 12.8. The van der Waals surface area contributed by atoms with E-state index in [0.717, 1.165) is 29.8 Å². The Balaban J connectivity index is 1.50. The van der Waals surface area contributed by atoms with Crippen molar-refractivity contribution in [2.75, 3.05) is 10.6 Å². The average molecular weight is 299 g/mol. The van der Waals surface area contributed by atoms with E-state index in [9.17, 15) is 9.18 Å². The summed E-state index contributed by atoms with van der Waals surface area (Å²) in [6, 6.07) is 14.1. The minimum absolute atomic E-state index is 0.158. The molecular formula is C17H18FN3O. The second kappa shape index (κ2) is 6.47. The lowest BCUT2D eigenvalue weighted by atomic mass is 10.2. The molecule has 1 aliphatic carbocycles. The molecule has 0 bridgehead atoms. The van der Waals surface area contributed by atoms with Gasteiger partial charge in [0.15, 0.2) is 0 Å². The Bertz CT molecular complexity index is 636. The maximum Gasteiger partial charge on any atom is 0.319 e. The number of hydrogen-bond donors (Lipinski definition) is 3. The first-order chi connectivity index (χ1) is 10.7. The second-order valence-corrected chi connectivity index (χ2v) is 5.43. The first-order valence-corrected chi connectivity index (χ1v) is 7.35. The van der Waals surface area contributed by atoms with Crippen LogP contribution in [0.15, 0.2) is 48.5 Å². The van der Waals surface area contributed by atoms with E-state index in [1.165, 1.54) is 12.1 Å². The largest absolute Gasteiger partial charge is 0.381 e. The van der Waals surface area contributed by atoms with E-state index in [0.29, 0.717) is 12.6 Å². The lowest BCUT2D eigenvalue weighted by Gasteiger charge is -2.09. The van der Waals surface area contributed by atoms with Gasteiger partial charge in [0.2, 0.25) is 0 Å². The molecule has 2 aromatic rings. The van der Waals surface area contributed by atoms with E-state index in [-0.39, 0.29) is 11.8 Å². The third-order valence-electron chi connectivity index (χ3n) is 3.47. The minimum Gasteiger partial charge on any atom is -0.381 e. The van der Waals surface area contributed by atoms with Crippen molar-refractivity contribution >= 4 is 17.4 Å². The number of anilines is 2. The first-order valence-electron chi connectivity index (χ1n) is 7.35. The quantitative estimate of drug-likeness (QED) is 0.788. The number of hydrogen-bond acceptors (Lipinski definition) is 2. The maximum atomic E-state index is 12.8. The number of nitrogens with one attached hydrogen (secondary N) is 3. The van der Waals surface area contributed by atoms with Crippen molar-refractivity contribution in [2.45, 2.75) is 25.4 Å². The van der Waals surface area contributed by atoms with Crippen LogP contribution in [0.5, 0.6) is 0 Å². The van der Waals surface area contributed by atoms with Gasteiger partial charge in [-0.3, -0.25) is 0 Å². The Morgan fingerprint density at radius 2 is 1.64 bits per heavy atom. The van der Waals surface area contributed by atoms with Gasteiger partial charge in [0, 0.05) is 24.0 Å². The molecule has 3 rings (SSSR count). The molecule has 0 aliphatic heterocycles. The molecule has 0 aromatic heterocycles.